The molecule has 2 rings (SSSR count). The van der Waals surface area contributed by atoms with Gasteiger partial charge in [-0.1, -0.05) is 31.2 Å². The van der Waals surface area contributed by atoms with Gasteiger partial charge in [0, 0.05) is 5.92 Å². The predicted octanol–water partition coefficient (Wildman–Crippen LogP) is 2.33. The molecule has 17 heavy (non-hydrogen) atoms. The first-order chi connectivity index (χ1) is 8.09. The lowest BCUT2D eigenvalue weighted by Crippen LogP contribution is -2.23. The summed E-state index contributed by atoms with van der Waals surface area (Å²) >= 11 is 0. The third-order valence-electron chi connectivity index (χ3n) is 3.04. The van der Waals surface area contributed by atoms with Crippen LogP contribution in [0.25, 0.3) is 0 Å². The van der Waals surface area contributed by atoms with E-state index in [0.29, 0.717) is 24.6 Å². The molecule has 0 bridgehead atoms. The van der Waals surface area contributed by atoms with Gasteiger partial charge in [-0.15, -0.1) is 0 Å². The van der Waals surface area contributed by atoms with E-state index in [2.05, 4.69) is 10.1 Å². The van der Waals surface area contributed by atoms with Gasteiger partial charge >= 0.3 is 5.97 Å². The van der Waals surface area contributed by atoms with Gasteiger partial charge in [0.2, 0.25) is 5.89 Å². The third kappa shape index (κ3) is 2.38. The predicted molar refractivity (Wildman–Crippen MR) is 60.6 cm³/mol. The van der Waals surface area contributed by atoms with Crippen LogP contribution in [0.1, 0.15) is 50.2 Å². The first-order valence-electron chi connectivity index (χ1n) is 5.81. The highest BCUT2D eigenvalue weighted by Gasteiger charge is 2.33. The molecular weight excluding hydrogens is 220 g/mol. The van der Waals surface area contributed by atoms with E-state index >= 15 is 0 Å². The highest BCUT2D eigenvalue weighted by atomic mass is 16.5. The standard InChI is InChI=1S/C12H16N2O3/c1-7(2)10-13-11(17-14-10)8-5-3-4-6-9(8)12(15)16/h3-4,7-9H,5-6H2,1-2H3,(H,15,16). The van der Waals surface area contributed by atoms with Crippen molar-refractivity contribution < 1.29 is 14.4 Å². The van der Waals surface area contributed by atoms with Gasteiger partial charge in [-0.3, -0.25) is 4.79 Å². The zero-order chi connectivity index (χ0) is 12.4. The molecule has 1 aromatic heterocycles. The first-order valence-corrected chi connectivity index (χ1v) is 5.81. The number of aliphatic carboxylic acids is 1. The van der Waals surface area contributed by atoms with E-state index in [1.165, 1.54) is 0 Å². The number of carbonyl (C=O) groups is 1. The first kappa shape index (κ1) is 11.8. The van der Waals surface area contributed by atoms with Gasteiger partial charge < -0.3 is 9.63 Å². The topological polar surface area (TPSA) is 76.2 Å². The Balaban J connectivity index is 2.24. The summed E-state index contributed by atoms with van der Waals surface area (Å²) in [6, 6.07) is 0. The third-order valence-corrected chi connectivity index (χ3v) is 3.04. The number of rotatable bonds is 3. The number of aromatic nitrogens is 2. The van der Waals surface area contributed by atoms with E-state index in [1.807, 2.05) is 26.0 Å². The minimum Gasteiger partial charge on any atom is -0.481 e. The molecule has 0 amide bonds. The second kappa shape index (κ2) is 4.69. The lowest BCUT2D eigenvalue weighted by atomic mass is 9.83. The Labute approximate surface area is 99.5 Å². The van der Waals surface area contributed by atoms with Gasteiger partial charge in [0.05, 0.1) is 11.8 Å². The van der Waals surface area contributed by atoms with Crippen molar-refractivity contribution in [1.29, 1.82) is 0 Å². The van der Waals surface area contributed by atoms with Crippen LogP contribution in [0.2, 0.25) is 0 Å². The molecule has 0 spiro atoms. The Hall–Kier alpha value is -1.65. The van der Waals surface area contributed by atoms with Crippen molar-refractivity contribution in [2.24, 2.45) is 5.92 Å². The van der Waals surface area contributed by atoms with Gasteiger partial charge in [-0.2, -0.15) is 4.98 Å². The van der Waals surface area contributed by atoms with Crippen molar-refractivity contribution >= 4 is 5.97 Å². The molecule has 1 aromatic rings. The maximum atomic E-state index is 11.2. The minimum atomic E-state index is -0.802. The van der Waals surface area contributed by atoms with Crippen LogP contribution < -0.4 is 0 Å². The monoisotopic (exact) mass is 236 g/mol. The summed E-state index contributed by atoms with van der Waals surface area (Å²) in [6.07, 6.45) is 5.05. The van der Waals surface area contributed by atoms with Crippen LogP contribution >= 0.6 is 0 Å². The number of allylic oxidation sites excluding steroid dienone is 2. The highest BCUT2D eigenvalue weighted by Crippen LogP contribution is 2.34. The maximum absolute atomic E-state index is 11.2. The molecule has 0 aliphatic heterocycles. The second-order valence-electron chi connectivity index (χ2n) is 4.64. The van der Waals surface area contributed by atoms with Gasteiger partial charge in [0.1, 0.15) is 0 Å². The van der Waals surface area contributed by atoms with Gasteiger partial charge in [0.25, 0.3) is 0 Å². The fraction of sp³-hybridized carbons (Fsp3) is 0.583. The fourth-order valence-electron chi connectivity index (χ4n) is 1.99. The number of hydrogen-bond acceptors (Lipinski definition) is 4. The molecule has 1 aliphatic rings. The van der Waals surface area contributed by atoms with Crippen LogP contribution in [-0.2, 0) is 4.79 Å². The van der Waals surface area contributed by atoms with Gasteiger partial charge in [0.15, 0.2) is 5.82 Å². The lowest BCUT2D eigenvalue weighted by Gasteiger charge is -2.21. The van der Waals surface area contributed by atoms with Crippen molar-refractivity contribution in [2.45, 2.75) is 38.5 Å². The zero-order valence-corrected chi connectivity index (χ0v) is 9.96. The van der Waals surface area contributed by atoms with Gasteiger partial charge in [-0.05, 0) is 12.8 Å². The summed E-state index contributed by atoms with van der Waals surface area (Å²) in [5.41, 5.74) is 0. The van der Waals surface area contributed by atoms with E-state index < -0.39 is 11.9 Å². The molecule has 2 unspecified atom stereocenters. The highest BCUT2D eigenvalue weighted by molar-refractivity contribution is 5.71. The minimum absolute atomic E-state index is 0.190. The molecule has 0 radical (unpaired) electrons. The number of carboxylic acids is 1. The Morgan fingerprint density at radius 1 is 1.47 bits per heavy atom. The van der Waals surface area contributed by atoms with E-state index in [1.54, 1.807) is 0 Å². The quantitative estimate of drug-likeness (QED) is 0.815. The van der Waals surface area contributed by atoms with Crippen molar-refractivity contribution in [3.8, 4) is 0 Å². The molecule has 0 saturated heterocycles. The maximum Gasteiger partial charge on any atom is 0.307 e. The number of hydrogen-bond donors (Lipinski definition) is 1. The molecule has 92 valence electrons. The summed E-state index contributed by atoms with van der Waals surface area (Å²) in [4.78, 5) is 15.4. The zero-order valence-electron chi connectivity index (χ0n) is 9.96. The van der Waals surface area contributed by atoms with E-state index in [-0.39, 0.29) is 11.8 Å². The molecule has 0 saturated carbocycles. The van der Waals surface area contributed by atoms with E-state index in [0.717, 1.165) is 0 Å². The molecule has 2 atom stereocenters. The summed E-state index contributed by atoms with van der Waals surface area (Å²) in [5, 5.41) is 13.0. The number of carboxylic acid groups (broad SMARTS) is 1. The van der Waals surface area contributed by atoms with Crippen molar-refractivity contribution in [3.63, 3.8) is 0 Å². The SMILES string of the molecule is CC(C)c1noc(C2CC=CCC2C(=O)O)n1. The van der Waals surface area contributed by atoms with Crippen LogP contribution in [0.3, 0.4) is 0 Å². The molecule has 1 heterocycles. The summed E-state index contributed by atoms with van der Waals surface area (Å²) in [5.74, 6) is -0.180. The largest absolute Gasteiger partial charge is 0.481 e. The molecule has 5 nitrogen and oxygen atoms in total. The van der Waals surface area contributed by atoms with Crippen LogP contribution in [0.5, 0.6) is 0 Å². The Kier molecular flexibility index (Phi) is 3.26. The van der Waals surface area contributed by atoms with E-state index in [9.17, 15) is 4.79 Å². The van der Waals surface area contributed by atoms with Crippen molar-refractivity contribution in [2.75, 3.05) is 0 Å². The van der Waals surface area contributed by atoms with Crippen LogP contribution in [0.4, 0.5) is 0 Å². The Morgan fingerprint density at radius 2 is 2.18 bits per heavy atom. The molecule has 1 aliphatic carbocycles. The molecule has 0 aromatic carbocycles. The normalized spacial score (nSPS) is 24.2. The van der Waals surface area contributed by atoms with E-state index in [4.69, 9.17) is 9.63 Å². The average molecular weight is 236 g/mol. The van der Waals surface area contributed by atoms with Crippen LogP contribution in [0.15, 0.2) is 16.7 Å². The molecule has 1 N–H and O–H groups in total. The molecule has 0 fully saturated rings. The Morgan fingerprint density at radius 3 is 2.76 bits per heavy atom. The summed E-state index contributed by atoms with van der Waals surface area (Å²) < 4.78 is 5.19. The average Bonchev–Trinajstić information content (AvgIpc) is 2.78. The van der Waals surface area contributed by atoms with Crippen LogP contribution in [0, 0.1) is 5.92 Å². The van der Waals surface area contributed by atoms with Crippen molar-refractivity contribution in [3.05, 3.63) is 23.9 Å². The summed E-state index contributed by atoms with van der Waals surface area (Å²) in [7, 11) is 0. The van der Waals surface area contributed by atoms with Crippen LogP contribution in [-0.4, -0.2) is 21.2 Å². The fourth-order valence-corrected chi connectivity index (χ4v) is 1.99. The lowest BCUT2D eigenvalue weighted by molar-refractivity contribution is -0.142. The summed E-state index contributed by atoms with van der Waals surface area (Å²) in [6.45, 7) is 3.95. The smallest absolute Gasteiger partial charge is 0.307 e. The molecular formula is C12H16N2O3. The van der Waals surface area contributed by atoms with Crippen molar-refractivity contribution in [1.82, 2.24) is 10.1 Å². The molecule has 5 heteroatoms. The second-order valence-corrected chi connectivity index (χ2v) is 4.64. The number of nitrogens with zero attached hydrogens (tertiary/aromatic N) is 2. The van der Waals surface area contributed by atoms with Gasteiger partial charge in [-0.25, -0.2) is 0 Å². The Bertz CT molecular complexity index is 437.